The minimum Gasteiger partial charge on any atom is -0.370 e. The molecule has 1 aliphatic rings. The number of hydrogen-bond donors (Lipinski definition) is 6. The van der Waals surface area contributed by atoms with Crippen LogP contribution in [0.3, 0.4) is 0 Å². The molecular formula is C39H48N8O4. The quantitative estimate of drug-likeness (QED) is 0.0595. The summed E-state index contributed by atoms with van der Waals surface area (Å²) in [5.74, 6) is -1.56. The molecule has 3 aromatic carbocycles. The summed E-state index contributed by atoms with van der Waals surface area (Å²) >= 11 is 0. The molecule has 4 aromatic rings. The first kappa shape index (κ1) is 36.6. The highest BCUT2D eigenvalue weighted by Gasteiger charge is 2.32. The Balaban J connectivity index is 1.39. The van der Waals surface area contributed by atoms with Gasteiger partial charge in [-0.15, -0.1) is 0 Å². The predicted molar refractivity (Wildman–Crippen MR) is 198 cm³/mol. The third kappa shape index (κ3) is 10.9. The summed E-state index contributed by atoms with van der Waals surface area (Å²) in [5, 5.41) is 9.73. The molecule has 5 rings (SSSR count). The molecule has 12 heteroatoms. The second kappa shape index (κ2) is 18.4. The standard InChI is InChI=1S/C39H48N8O4/c40-39(41)42-20-12-19-32(44-35(48)24-28-15-6-2-7-16-28)36(49)45-33(25-29-26-43-31-18-9-8-17-30(29)31)37(50)46-34(23-27-13-4-1-5-14-27)38(51)47-21-10-3-11-22-47/h1-2,4-9,13-18,26,32-34,43H,3,10-12,19-25H2,(H,44,48)(H,45,49)(H,46,50)(H4,40,41,42)/t32-,33-,34-/m0/s1. The number of nitrogens with zero attached hydrogens (tertiary/aromatic N) is 2. The average molecular weight is 693 g/mol. The normalized spacial score (nSPS) is 14.5. The van der Waals surface area contributed by atoms with Crippen molar-refractivity contribution in [2.75, 3.05) is 19.6 Å². The highest BCUT2D eigenvalue weighted by Crippen LogP contribution is 2.20. The lowest BCUT2D eigenvalue weighted by Gasteiger charge is -2.32. The summed E-state index contributed by atoms with van der Waals surface area (Å²) < 4.78 is 0. The number of aromatic amines is 1. The number of aliphatic imine (C=N–C) groups is 1. The van der Waals surface area contributed by atoms with Gasteiger partial charge in [0, 0.05) is 49.6 Å². The van der Waals surface area contributed by atoms with Crippen LogP contribution in [0.15, 0.2) is 96.1 Å². The maximum absolute atomic E-state index is 14.3. The van der Waals surface area contributed by atoms with Crippen LogP contribution in [0.1, 0.15) is 48.8 Å². The van der Waals surface area contributed by atoms with Gasteiger partial charge in [-0.25, -0.2) is 0 Å². The average Bonchev–Trinajstić information content (AvgIpc) is 3.55. The van der Waals surface area contributed by atoms with Gasteiger partial charge in [0.1, 0.15) is 18.1 Å². The fourth-order valence-corrected chi connectivity index (χ4v) is 6.46. The number of benzene rings is 3. The van der Waals surface area contributed by atoms with Crippen molar-refractivity contribution in [3.8, 4) is 0 Å². The van der Waals surface area contributed by atoms with E-state index in [1.165, 1.54) is 0 Å². The van der Waals surface area contributed by atoms with Crippen molar-refractivity contribution in [2.24, 2.45) is 16.5 Å². The number of nitrogens with two attached hydrogens (primary N) is 2. The molecule has 8 N–H and O–H groups in total. The van der Waals surface area contributed by atoms with Gasteiger partial charge in [0.15, 0.2) is 5.96 Å². The van der Waals surface area contributed by atoms with Gasteiger partial charge in [0.2, 0.25) is 23.6 Å². The SMILES string of the molecule is NC(N)=NCCC[C@H](NC(=O)Cc1ccccc1)C(=O)N[C@@H](Cc1c[nH]c2ccccc12)C(=O)N[C@@H](Cc1ccccc1)C(=O)N1CCCCC1. The van der Waals surface area contributed by atoms with Crippen LogP contribution in [0.2, 0.25) is 0 Å². The molecule has 0 unspecified atom stereocenters. The van der Waals surface area contributed by atoms with Crippen LogP contribution in [-0.4, -0.2) is 77.2 Å². The largest absolute Gasteiger partial charge is 0.370 e. The molecule has 51 heavy (non-hydrogen) atoms. The summed E-state index contributed by atoms with van der Waals surface area (Å²) in [6, 6.07) is 23.7. The number of amides is 4. The Morgan fingerprint density at radius 2 is 1.35 bits per heavy atom. The van der Waals surface area contributed by atoms with Crippen molar-refractivity contribution >= 4 is 40.5 Å². The lowest BCUT2D eigenvalue weighted by molar-refractivity contribution is -0.138. The number of carbonyl (C=O) groups is 4. The molecule has 0 spiro atoms. The van der Waals surface area contributed by atoms with Crippen LogP contribution in [0.4, 0.5) is 0 Å². The first-order valence-electron chi connectivity index (χ1n) is 17.6. The molecule has 12 nitrogen and oxygen atoms in total. The Bertz CT molecular complexity index is 1780. The van der Waals surface area contributed by atoms with Crippen LogP contribution in [0.5, 0.6) is 0 Å². The second-order valence-corrected chi connectivity index (χ2v) is 13.0. The third-order valence-corrected chi connectivity index (χ3v) is 9.10. The fourth-order valence-electron chi connectivity index (χ4n) is 6.46. The zero-order chi connectivity index (χ0) is 36.0. The van der Waals surface area contributed by atoms with E-state index in [4.69, 9.17) is 11.5 Å². The van der Waals surface area contributed by atoms with E-state index in [1.54, 1.807) is 0 Å². The number of piperidine rings is 1. The maximum atomic E-state index is 14.3. The van der Waals surface area contributed by atoms with E-state index < -0.39 is 29.9 Å². The number of para-hydroxylation sites is 1. The molecule has 4 amide bonds. The lowest BCUT2D eigenvalue weighted by Crippen LogP contribution is -2.58. The molecule has 268 valence electrons. The molecule has 3 atom stereocenters. The highest BCUT2D eigenvalue weighted by atomic mass is 16.2. The fraction of sp³-hybridized carbons (Fsp3) is 0.359. The van der Waals surface area contributed by atoms with Crippen molar-refractivity contribution in [1.29, 1.82) is 0 Å². The molecule has 0 saturated carbocycles. The van der Waals surface area contributed by atoms with E-state index in [9.17, 15) is 19.2 Å². The number of nitrogens with one attached hydrogen (secondary N) is 4. The van der Waals surface area contributed by atoms with Crippen molar-refractivity contribution in [3.05, 3.63) is 108 Å². The number of carbonyl (C=O) groups excluding carboxylic acids is 4. The van der Waals surface area contributed by atoms with Crippen molar-refractivity contribution < 1.29 is 19.2 Å². The third-order valence-electron chi connectivity index (χ3n) is 9.10. The molecule has 1 saturated heterocycles. The zero-order valence-corrected chi connectivity index (χ0v) is 28.9. The smallest absolute Gasteiger partial charge is 0.245 e. The Labute approximate surface area is 298 Å². The molecule has 1 fully saturated rings. The highest BCUT2D eigenvalue weighted by molar-refractivity contribution is 5.95. The molecule has 0 bridgehead atoms. The predicted octanol–water partition coefficient (Wildman–Crippen LogP) is 2.72. The van der Waals surface area contributed by atoms with Crippen molar-refractivity contribution in [1.82, 2.24) is 25.8 Å². The summed E-state index contributed by atoms with van der Waals surface area (Å²) in [6.45, 7) is 1.54. The van der Waals surface area contributed by atoms with Gasteiger partial charge in [-0.3, -0.25) is 24.2 Å². The van der Waals surface area contributed by atoms with Gasteiger partial charge in [-0.05, 0) is 54.9 Å². The van der Waals surface area contributed by atoms with Crippen LogP contribution >= 0.6 is 0 Å². The first-order valence-corrected chi connectivity index (χ1v) is 17.6. The summed E-state index contributed by atoms with van der Waals surface area (Å²) in [5.41, 5.74) is 14.4. The topological polar surface area (TPSA) is 188 Å². The van der Waals surface area contributed by atoms with E-state index in [0.29, 0.717) is 25.9 Å². The van der Waals surface area contributed by atoms with E-state index >= 15 is 0 Å². The van der Waals surface area contributed by atoms with Crippen LogP contribution in [0.25, 0.3) is 10.9 Å². The van der Waals surface area contributed by atoms with E-state index in [0.717, 1.165) is 46.9 Å². The molecule has 2 heterocycles. The van der Waals surface area contributed by atoms with Gasteiger partial charge in [-0.2, -0.15) is 0 Å². The van der Waals surface area contributed by atoms with Gasteiger partial charge in [0.05, 0.1) is 6.42 Å². The number of rotatable bonds is 16. The Hall–Kier alpha value is -5.65. The number of likely N-dealkylation sites (tertiary alicyclic amines) is 1. The Morgan fingerprint density at radius 3 is 2.06 bits per heavy atom. The minimum atomic E-state index is -1.06. The van der Waals surface area contributed by atoms with Gasteiger partial charge in [-0.1, -0.05) is 78.9 Å². The molecular weight excluding hydrogens is 644 g/mol. The van der Waals surface area contributed by atoms with Crippen LogP contribution in [-0.2, 0) is 38.4 Å². The van der Waals surface area contributed by atoms with Gasteiger partial charge < -0.3 is 37.3 Å². The van der Waals surface area contributed by atoms with E-state index in [2.05, 4.69) is 25.9 Å². The van der Waals surface area contributed by atoms with Crippen LogP contribution < -0.4 is 27.4 Å². The second-order valence-electron chi connectivity index (χ2n) is 13.0. The summed E-state index contributed by atoms with van der Waals surface area (Å²) in [7, 11) is 0. The number of aromatic nitrogens is 1. The monoisotopic (exact) mass is 692 g/mol. The first-order chi connectivity index (χ1) is 24.8. The number of hydrogen-bond acceptors (Lipinski definition) is 5. The molecule has 1 aromatic heterocycles. The Morgan fingerprint density at radius 1 is 0.725 bits per heavy atom. The lowest BCUT2D eigenvalue weighted by atomic mass is 10.0. The van der Waals surface area contributed by atoms with Gasteiger partial charge in [0.25, 0.3) is 0 Å². The molecule has 0 aliphatic carbocycles. The summed E-state index contributed by atoms with van der Waals surface area (Å²) in [6.07, 6.45) is 5.89. The maximum Gasteiger partial charge on any atom is 0.245 e. The van der Waals surface area contributed by atoms with Crippen molar-refractivity contribution in [3.63, 3.8) is 0 Å². The van der Waals surface area contributed by atoms with Crippen LogP contribution in [0, 0.1) is 0 Å². The number of fused-ring (bicyclic) bond motifs is 1. The van der Waals surface area contributed by atoms with Gasteiger partial charge >= 0.3 is 0 Å². The summed E-state index contributed by atoms with van der Waals surface area (Å²) in [4.78, 5) is 64.5. The van der Waals surface area contributed by atoms with Crippen molar-refractivity contribution in [2.45, 2.75) is 69.5 Å². The zero-order valence-electron chi connectivity index (χ0n) is 28.9. The molecule has 0 radical (unpaired) electrons. The number of H-pyrrole nitrogens is 1. The molecule has 1 aliphatic heterocycles. The minimum absolute atomic E-state index is 0.0660. The van der Waals surface area contributed by atoms with E-state index in [1.807, 2.05) is 96.0 Å². The van der Waals surface area contributed by atoms with E-state index in [-0.39, 0.29) is 43.6 Å². The Kier molecular flexibility index (Phi) is 13.2. The number of guanidine groups is 1.